The smallest absolute Gasteiger partial charge is 0.425 e. The van der Waals surface area contributed by atoms with Crippen molar-refractivity contribution < 1.29 is 31.9 Å². The molecule has 0 aliphatic rings. The minimum absolute atomic E-state index is 0.0337. The fourth-order valence-electron chi connectivity index (χ4n) is 3.20. The molecule has 0 saturated heterocycles. The van der Waals surface area contributed by atoms with Gasteiger partial charge in [-0.05, 0) is 38.0 Å². The van der Waals surface area contributed by atoms with Crippen LogP contribution in [0, 0.1) is 0 Å². The van der Waals surface area contributed by atoms with E-state index in [4.69, 9.17) is 4.74 Å². The number of nitrogens with one attached hydrogen (secondary N) is 1. The van der Waals surface area contributed by atoms with Gasteiger partial charge in [-0.1, -0.05) is 5.21 Å². The van der Waals surface area contributed by atoms with Crippen molar-refractivity contribution in [3.63, 3.8) is 0 Å². The lowest BCUT2D eigenvalue weighted by molar-refractivity contribution is -0.189. The largest absolute Gasteiger partial charge is 0.481 e. The van der Waals surface area contributed by atoms with E-state index in [0.717, 1.165) is 6.92 Å². The molecule has 0 aliphatic heterocycles. The van der Waals surface area contributed by atoms with Gasteiger partial charge in [0.25, 0.3) is 5.91 Å². The number of carbonyl (C=O) groups excluding carboxylic acids is 2. The van der Waals surface area contributed by atoms with Crippen molar-refractivity contribution in [2.75, 3.05) is 7.05 Å². The first-order valence-corrected chi connectivity index (χ1v) is 11.3. The monoisotopic (exact) mass is 523 g/mol. The van der Waals surface area contributed by atoms with Crippen LogP contribution in [0.2, 0.25) is 0 Å². The Balaban J connectivity index is 1.46. The van der Waals surface area contributed by atoms with Gasteiger partial charge in [-0.2, -0.15) is 23.4 Å². The van der Waals surface area contributed by atoms with Crippen LogP contribution in [-0.2, 0) is 30.6 Å². The van der Waals surface area contributed by atoms with E-state index in [2.05, 4.69) is 30.8 Å². The van der Waals surface area contributed by atoms with Crippen molar-refractivity contribution in [2.24, 2.45) is 0 Å². The highest BCUT2D eigenvalue weighted by Crippen LogP contribution is 2.25. The van der Waals surface area contributed by atoms with Crippen LogP contribution in [0.25, 0.3) is 0 Å². The number of rotatable bonds is 12. The summed E-state index contributed by atoms with van der Waals surface area (Å²) in [4.78, 5) is 27.9. The lowest BCUT2D eigenvalue weighted by Crippen LogP contribution is -2.31. The van der Waals surface area contributed by atoms with E-state index in [1.54, 1.807) is 12.1 Å². The van der Waals surface area contributed by atoms with Gasteiger partial charge in [0.05, 0.1) is 36.2 Å². The number of aromatic nitrogens is 6. The molecule has 1 N–H and O–H groups in total. The molecule has 10 nitrogen and oxygen atoms in total. The second kappa shape index (κ2) is 12.3. The minimum atomic E-state index is -4.51. The summed E-state index contributed by atoms with van der Waals surface area (Å²) in [5.41, 5.74) is 1.30. The number of alkyl halides is 4. The van der Waals surface area contributed by atoms with Crippen LogP contribution in [0.15, 0.2) is 36.7 Å². The third kappa shape index (κ3) is 8.58. The van der Waals surface area contributed by atoms with Crippen molar-refractivity contribution in [3.05, 3.63) is 59.4 Å². The Morgan fingerprint density at radius 1 is 1.08 bits per heavy atom. The molecular formula is C23H25F4N7O3. The Labute approximate surface area is 209 Å². The fourth-order valence-corrected chi connectivity index (χ4v) is 3.20. The van der Waals surface area contributed by atoms with Gasteiger partial charge in [0.15, 0.2) is 11.8 Å². The fraction of sp³-hybridized carbons (Fsp3) is 0.435. The van der Waals surface area contributed by atoms with Gasteiger partial charge in [0, 0.05) is 25.7 Å². The zero-order chi connectivity index (χ0) is 27.0. The van der Waals surface area contributed by atoms with Gasteiger partial charge in [-0.15, -0.1) is 5.10 Å². The average Bonchev–Trinajstić information content (AvgIpc) is 3.31. The van der Waals surface area contributed by atoms with Crippen molar-refractivity contribution >= 4 is 11.7 Å². The molecule has 0 radical (unpaired) electrons. The Morgan fingerprint density at radius 2 is 1.78 bits per heavy atom. The number of amides is 1. The summed E-state index contributed by atoms with van der Waals surface area (Å²) in [6.45, 7) is 0.821. The minimum Gasteiger partial charge on any atom is -0.481 e. The number of aryl methyl sites for hydroxylation is 1. The lowest BCUT2D eigenvalue weighted by atomic mass is 10.1. The van der Waals surface area contributed by atoms with Gasteiger partial charge in [0.1, 0.15) is 17.7 Å². The molecule has 37 heavy (non-hydrogen) atoms. The predicted molar refractivity (Wildman–Crippen MR) is 121 cm³/mol. The van der Waals surface area contributed by atoms with Crippen molar-refractivity contribution in [1.29, 1.82) is 0 Å². The number of Topliss-reactive ketones (excluding diaryl/α,β-unsaturated/α-hetero) is 1. The van der Waals surface area contributed by atoms with E-state index in [1.807, 2.05) is 0 Å². The maximum Gasteiger partial charge on any atom is 0.425 e. The molecule has 0 saturated carbocycles. The Hall–Kier alpha value is -3.97. The highest BCUT2D eigenvalue weighted by molar-refractivity contribution is 5.91. The molecule has 3 aromatic rings. The van der Waals surface area contributed by atoms with Gasteiger partial charge >= 0.3 is 6.18 Å². The van der Waals surface area contributed by atoms with E-state index >= 15 is 0 Å². The third-order valence-corrected chi connectivity index (χ3v) is 5.19. The number of ketones is 1. The number of nitrogens with zero attached hydrogens (tertiary/aromatic N) is 6. The summed E-state index contributed by atoms with van der Waals surface area (Å²) in [7, 11) is 1.46. The molecule has 0 spiro atoms. The topological polar surface area (TPSA) is 125 Å². The molecule has 198 valence electrons. The molecule has 1 amide bonds. The zero-order valence-electron chi connectivity index (χ0n) is 20.1. The molecule has 0 fully saturated rings. The number of hydrogen-bond donors (Lipinski definition) is 1. The standard InChI is InChI=1S/C23H25F4N7O3/c1-14(23(25,26)27)37-20-7-8-29-18(11-20)10-19(35)9-17-6-5-16(30-31-17)4-3-15(24)12-34-13-21(32-33-34)22(36)28-2/h5-8,11,13-15H,3-4,9-10,12H2,1-2H3,(H,28,36). The maximum absolute atomic E-state index is 14.3. The van der Waals surface area contributed by atoms with E-state index in [0.29, 0.717) is 17.8 Å². The van der Waals surface area contributed by atoms with E-state index in [1.165, 1.54) is 36.3 Å². The Bertz CT molecular complexity index is 1200. The van der Waals surface area contributed by atoms with E-state index in [9.17, 15) is 27.2 Å². The SMILES string of the molecule is CNC(=O)c1cn(CC(F)CCc2ccc(CC(=O)Cc3cc(OC(C)C(F)(F)F)ccn3)nn2)nn1. The van der Waals surface area contributed by atoms with Crippen LogP contribution in [-0.4, -0.2) is 67.4 Å². The summed E-state index contributed by atoms with van der Waals surface area (Å²) in [5, 5.41) is 17.8. The molecule has 0 bridgehead atoms. The highest BCUT2D eigenvalue weighted by atomic mass is 19.4. The normalized spacial score (nSPS) is 13.1. The van der Waals surface area contributed by atoms with Crippen molar-refractivity contribution in [1.82, 2.24) is 35.5 Å². The van der Waals surface area contributed by atoms with Crippen molar-refractivity contribution in [2.45, 2.75) is 57.6 Å². The van der Waals surface area contributed by atoms with Crippen LogP contribution in [0.1, 0.15) is 40.9 Å². The average molecular weight is 523 g/mol. The van der Waals surface area contributed by atoms with Gasteiger partial charge in [-0.25, -0.2) is 9.07 Å². The molecule has 0 aliphatic carbocycles. The molecule has 3 heterocycles. The van der Waals surface area contributed by atoms with Crippen molar-refractivity contribution in [3.8, 4) is 5.75 Å². The van der Waals surface area contributed by atoms with Crippen LogP contribution in [0.5, 0.6) is 5.75 Å². The van der Waals surface area contributed by atoms with E-state index < -0.39 is 24.4 Å². The molecule has 3 aromatic heterocycles. The Kier molecular flexibility index (Phi) is 9.20. The van der Waals surface area contributed by atoms with E-state index in [-0.39, 0.29) is 48.7 Å². The molecule has 2 atom stereocenters. The quantitative estimate of drug-likeness (QED) is 0.359. The first-order valence-electron chi connectivity index (χ1n) is 11.3. The lowest BCUT2D eigenvalue weighted by Gasteiger charge is -2.17. The molecule has 3 rings (SSSR count). The van der Waals surface area contributed by atoms with Gasteiger partial charge in [-0.3, -0.25) is 14.6 Å². The van der Waals surface area contributed by atoms with Crippen LogP contribution < -0.4 is 10.1 Å². The molecule has 14 heteroatoms. The van der Waals surface area contributed by atoms with Crippen LogP contribution in [0.4, 0.5) is 17.6 Å². The summed E-state index contributed by atoms with van der Waals surface area (Å²) in [6, 6.07) is 5.84. The zero-order valence-corrected chi connectivity index (χ0v) is 20.1. The predicted octanol–water partition coefficient (Wildman–Crippen LogP) is 2.48. The summed E-state index contributed by atoms with van der Waals surface area (Å²) >= 11 is 0. The Morgan fingerprint density at radius 3 is 2.46 bits per heavy atom. The van der Waals surface area contributed by atoms with Gasteiger partial charge in [0.2, 0.25) is 0 Å². The first kappa shape index (κ1) is 27.6. The second-order valence-corrected chi connectivity index (χ2v) is 8.23. The molecule has 0 aromatic carbocycles. The summed E-state index contributed by atoms with van der Waals surface area (Å²) < 4.78 is 58.5. The number of hydrogen-bond acceptors (Lipinski definition) is 8. The number of halogens is 4. The molecule has 2 unspecified atom stereocenters. The molecular weight excluding hydrogens is 498 g/mol. The number of carbonyl (C=O) groups is 2. The number of pyridine rings is 1. The van der Waals surface area contributed by atoms with Crippen LogP contribution >= 0.6 is 0 Å². The third-order valence-electron chi connectivity index (χ3n) is 5.19. The highest BCUT2D eigenvalue weighted by Gasteiger charge is 2.38. The number of ether oxygens (including phenoxy) is 1. The first-order chi connectivity index (χ1) is 17.5. The second-order valence-electron chi connectivity index (χ2n) is 8.23. The summed E-state index contributed by atoms with van der Waals surface area (Å²) in [5.74, 6) is -0.707. The van der Waals surface area contributed by atoms with Crippen LogP contribution in [0.3, 0.4) is 0 Å². The summed E-state index contributed by atoms with van der Waals surface area (Å²) in [6.07, 6.45) is -4.86. The maximum atomic E-state index is 14.3. The van der Waals surface area contributed by atoms with Gasteiger partial charge < -0.3 is 10.1 Å².